The summed E-state index contributed by atoms with van der Waals surface area (Å²) in [5.74, 6) is 0.522. The zero-order valence-electron chi connectivity index (χ0n) is 12.0. The number of amides is 1. The molecule has 0 aliphatic carbocycles. The first-order valence-electron chi connectivity index (χ1n) is 6.68. The van der Waals surface area contributed by atoms with Crippen molar-refractivity contribution in [2.75, 3.05) is 6.61 Å². The van der Waals surface area contributed by atoms with Gasteiger partial charge in [-0.25, -0.2) is 5.43 Å². The van der Waals surface area contributed by atoms with E-state index in [9.17, 15) is 4.79 Å². The standard InChI is InChI=1S/C16H17N3O2/c1-3-21-15-8-5-13(6-9-15)10-18-19-16(20)14-7-4-12(2)17-11-14/h4-11H,3H2,1-2H3,(H,19,20)/b18-10+. The summed E-state index contributed by atoms with van der Waals surface area (Å²) in [6.07, 6.45) is 3.10. The summed E-state index contributed by atoms with van der Waals surface area (Å²) >= 11 is 0. The third-order valence-electron chi connectivity index (χ3n) is 2.74. The average molecular weight is 283 g/mol. The second-order valence-electron chi connectivity index (χ2n) is 4.39. The lowest BCUT2D eigenvalue weighted by molar-refractivity contribution is 0.0955. The van der Waals surface area contributed by atoms with E-state index in [4.69, 9.17) is 4.74 Å². The van der Waals surface area contributed by atoms with Gasteiger partial charge in [0.15, 0.2) is 0 Å². The molecule has 0 saturated carbocycles. The molecule has 1 N–H and O–H groups in total. The average Bonchev–Trinajstić information content (AvgIpc) is 2.50. The Labute approximate surface area is 123 Å². The van der Waals surface area contributed by atoms with Crippen LogP contribution in [0.2, 0.25) is 0 Å². The molecular formula is C16H17N3O2. The molecule has 1 aromatic carbocycles. The first kappa shape index (κ1) is 14.7. The fourth-order valence-electron chi connectivity index (χ4n) is 1.65. The van der Waals surface area contributed by atoms with E-state index in [1.165, 1.54) is 6.20 Å². The predicted molar refractivity (Wildman–Crippen MR) is 81.6 cm³/mol. The summed E-state index contributed by atoms with van der Waals surface area (Å²) in [6.45, 7) is 4.44. The van der Waals surface area contributed by atoms with Crippen LogP contribution in [0.5, 0.6) is 5.75 Å². The summed E-state index contributed by atoms with van der Waals surface area (Å²) in [5.41, 5.74) is 4.68. The Kier molecular flexibility index (Phi) is 5.04. The maximum atomic E-state index is 11.8. The molecule has 0 aliphatic rings. The van der Waals surface area contributed by atoms with Gasteiger partial charge in [0.25, 0.3) is 5.91 Å². The van der Waals surface area contributed by atoms with E-state index in [0.29, 0.717) is 12.2 Å². The third-order valence-corrected chi connectivity index (χ3v) is 2.74. The molecule has 21 heavy (non-hydrogen) atoms. The highest BCUT2D eigenvalue weighted by atomic mass is 16.5. The molecule has 2 aromatic rings. The van der Waals surface area contributed by atoms with E-state index < -0.39 is 0 Å². The number of hydrazone groups is 1. The van der Waals surface area contributed by atoms with Gasteiger partial charge in [-0.1, -0.05) is 0 Å². The second kappa shape index (κ2) is 7.19. The molecule has 1 amide bonds. The van der Waals surface area contributed by atoms with Crippen LogP contribution in [0.4, 0.5) is 0 Å². The minimum Gasteiger partial charge on any atom is -0.494 e. The van der Waals surface area contributed by atoms with Crippen molar-refractivity contribution >= 4 is 12.1 Å². The molecule has 0 bridgehead atoms. The van der Waals surface area contributed by atoms with Crippen molar-refractivity contribution in [3.63, 3.8) is 0 Å². The van der Waals surface area contributed by atoms with Crippen molar-refractivity contribution in [2.24, 2.45) is 5.10 Å². The molecule has 1 aromatic heterocycles. The highest BCUT2D eigenvalue weighted by Crippen LogP contribution is 2.10. The van der Waals surface area contributed by atoms with Crippen LogP contribution < -0.4 is 10.2 Å². The van der Waals surface area contributed by atoms with Crippen molar-refractivity contribution in [1.82, 2.24) is 10.4 Å². The SMILES string of the molecule is CCOc1ccc(/C=N/NC(=O)c2ccc(C)nc2)cc1. The smallest absolute Gasteiger partial charge is 0.272 e. The normalized spacial score (nSPS) is 10.6. The number of ether oxygens (including phenoxy) is 1. The fraction of sp³-hybridized carbons (Fsp3) is 0.188. The monoisotopic (exact) mass is 283 g/mol. The van der Waals surface area contributed by atoms with Gasteiger partial charge in [-0.05, 0) is 55.8 Å². The quantitative estimate of drug-likeness (QED) is 0.677. The maximum absolute atomic E-state index is 11.8. The number of benzene rings is 1. The van der Waals surface area contributed by atoms with Gasteiger partial charge >= 0.3 is 0 Å². The molecule has 0 saturated heterocycles. The Balaban J connectivity index is 1.92. The number of rotatable bonds is 5. The summed E-state index contributed by atoms with van der Waals surface area (Å²) < 4.78 is 5.35. The lowest BCUT2D eigenvalue weighted by atomic mass is 10.2. The minimum atomic E-state index is -0.287. The maximum Gasteiger partial charge on any atom is 0.272 e. The van der Waals surface area contributed by atoms with Crippen LogP contribution in [-0.4, -0.2) is 23.7 Å². The van der Waals surface area contributed by atoms with Crippen molar-refractivity contribution < 1.29 is 9.53 Å². The van der Waals surface area contributed by atoms with Crippen LogP contribution >= 0.6 is 0 Å². The van der Waals surface area contributed by atoms with Crippen LogP contribution in [0.15, 0.2) is 47.7 Å². The Morgan fingerprint density at radius 3 is 2.67 bits per heavy atom. The zero-order valence-corrected chi connectivity index (χ0v) is 12.0. The minimum absolute atomic E-state index is 0.287. The first-order valence-corrected chi connectivity index (χ1v) is 6.68. The van der Waals surface area contributed by atoms with Gasteiger partial charge in [0, 0.05) is 11.9 Å². The van der Waals surface area contributed by atoms with Gasteiger partial charge in [0.2, 0.25) is 0 Å². The van der Waals surface area contributed by atoms with Crippen molar-refractivity contribution in [3.05, 3.63) is 59.4 Å². The summed E-state index contributed by atoms with van der Waals surface area (Å²) in [4.78, 5) is 15.9. The number of pyridine rings is 1. The number of aromatic nitrogens is 1. The molecule has 5 heteroatoms. The largest absolute Gasteiger partial charge is 0.494 e. The van der Waals surface area contributed by atoms with Gasteiger partial charge in [0.05, 0.1) is 18.4 Å². The summed E-state index contributed by atoms with van der Waals surface area (Å²) in [7, 11) is 0. The Morgan fingerprint density at radius 2 is 2.05 bits per heavy atom. The topological polar surface area (TPSA) is 63.6 Å². The van der Waals surface area contributed by atoms with Gasteiger partial charge < -0.3 is 4.74 Å². The Hall–Kier alpha value is -2.69. The van der Waals surface area contributed by atoms with E-state index >= 15 is 0 Å². The van der Waals surface area contributed by atoms with Crippen molar-refractivity contribution in [3.8, 4) is 5.75 Å². The van der Waals surface area contributed by atoms with Crippen LogP contribution in [0.1, 0.15) is 28.5 Å². The molecule has 0 fully saturated rings. The summed E-state index contributed by atoms with van der Waals surface area (Å²) in [6, 6.07) is 10.9. The van der Waals surface area contributed by atoms with Gasteiger partial charge in [-0.3, -0.25) is 9.78 Å². The number of carbonyl (C=O) groups is 1. The predicted octanol–water partition coefficient (Wildman–Crippen LogP) is 2.55. The highest BCUT2D eigenvalue weighted by Gasteiger charge is 2.03. The number of hydrogen-bond acceptors (Lipinski definition) is 4. The lowest BCUT2D eigenvalue weighted by Gasteiger charge is -2.02. The Morgan fingerprint density at radius 1 is 1.29 bits per heavy atom. The number of hydrogen-bond donors (Lipinski definition) is 1. The third kappa shape index (κ3) is 4.42. The molecule has 108 valence electrons. The van der Waals surface area contributed by atoms with Gasteiger partial charge in [0.1, 0.15) is 5.75 Å². The zero-order chi connectivity index (χ0) is 15.1. The van der Waals surface area contributed by atoms with Crippen LogP contribution in [0.3, 0.4) is 0 Å². The number of nitrogens with zero attached hydrogens (tertiary/aromatic N) is 2. The number of aryl methyl sites for hydroxylation is 1. The Bertz CT molecular complexity index is 619. The highest BCUT2D eigenvalue weighted by molar-refractivity contribution is 5.94. The van der Waals surface area contributed by atoms with Crippen LogP contribution in [0.25, 0.3) is 0 Å². The van der Waals surface area contributed by atoms with Crippen molar-refractivity contribution in [2.45, 2.75) is 13.8 Å². The molecule has 0 aliphatic heterocycles. The number of carbonyl (C=O) groups excluding carboxylic acids is 1. The van der Waals surface area contributed by atoms with E-state index in [2.05, 4.69) is 15.5 Å². The van der Waals surface area contributed by atoms with E-state index in [0.717, 1.165) is 17.0 Å². The molecule has 0 spiro atoms. The first-order chi connectivity index (χ1) is 10.2. The molecule has 0 radical (unpaired) electrons. The van der Waals surface area contributed by atoms with Gasteiger partial charge in [-0.2, -0.15) is 5.10 Å². The molecular weight excluding hydrogens is 266 g/mol. The molecule has 1 heterocycles. The molecule has 2 rings (SSSR count). The van der Waals surface area contributed by atoms with E-state index in [1.807, 2.05) is 38.1 Å². The summed E-state index contributed by atoms with van der Waals surface area (Å²) in [5, 5.41) is 3.92. The number of nitrogens with one attached hydrogen (secondary N) is 1. The van der Waals surface area contributed by atoms with E-state index in [1.54, 1.807) is 18.3 Å². The van der Waals surface area contributed by atoms with Crippen LogP contribution in [0, 0.1) is 6.92 Å². The molecule has 0 atom stereocenters. The second-order valence-corrected chi connectivity index (χ2v) is 4.39. The van der Waals surface area contributed by atoms with Crippen LogP contribution in [-0.2, 0) is 0 Å². The van der Waals surface area contributed by atoms with Gasteiger partial charge in [-0.15, -0.1) is 0 Å². The fourth-order valence-corrected chi connectivity index (χ4v) is 1.65. The van der Waals surface area contributed by atoms with E-state index in [-0.39, 0.29) is 5.91 Å². The van der Waals surface area contributed by atoms with Crippen molar-refractivity contribution in [1.29, 1.82) is 0 Å². The molecule has 5 nitrogen and oxygen atoms in total. The lowest BCUT2D eigenvalue weighted by Crippen LogP contribution is -2.17. The molecule has 0 unspecified atom stereocenters.